The zero-order valence-corrected chi connectivity index (χ0v) is 75.2. The molecule has 21 heteroatoms. The number of hydrogen-bond donors (Lipinski definition) is 4. The highest BCUT2D eigenvalue weighted by Gasteiger charge is 2.39. The molecule has 129 heavy (non-hydrogen) atoms. The van der Waals surface area contributed by atoms with E-state index in [2.05, 4.69) is 60.4 Å². The molecule has 14 aromatic rings. The number of carbonyl (C=O) groups excluding carboxylic acids is 6. The highest BCUT2D eigenvalue weighted by Crippen LogP contribution is 2.40. The Morgan fingerprint density at radius 2 is 1.14 bits per heavy atom. The lowest BCUT2D eigenvalue weighted by Crippen LogP contribution is -2.49. The van der Waals surface area contributed by atoms with Gasteiger partial charge in [0.05, 0.1) is 36.1 Å². The summed E-state index contributed by atoms with van der Waals surface area (Å²) in [6.45, 7) is 23.3. The van der Waals surface area contributed by atoms with E-state index >= 15 is 0 Å². The number of rotatable bonds is 21. The summed E-state index contributed by atoms with van der Waals surface area (Å²) in [4.78, 5) is 92.1. The number of amides is 3. The maximum Gasteiger partial charge on any atom is 0.253 e. The summed E-state index contributed by atoms with van der Waals surface area (Å²) >= 11 is 6.27. The molecule has 3 amide bonds. The van der Waals surface area contributed by atoms with Gasteiger partial charge in [-0.3, -0.25) is 43.7 Å². The number of para-hydroxylation sites is 2. The Labute approximate surface area is 765 Å². The van der Waals surface area contributed by atoms with Crippen molar-refractivity contribution in [2.75, 3.05) is 82.0 Å². The molecule has 2 fully saturated rings. The quantitative estimate of drug-likeness (QED) is 0.0388. The van der Waals surface area contributed by atoms with Crippen LogP contribution < -0.4 is 25.6 Å². The van der Waals surface area contributed by atoms with Crippen LogP contribution in [-0.4, -0.2) is 143 Å². The van der Waals surface area contributed by atoms with Crippen molar-refractivity contribution in [1.82, 2.24) is 35.0 Å². The van der Waals surface area contributed by atoms with E-state index in [0.29, 0.717) is 58.9 Å². The topological polar surface area (TPSA) is 222 Å². The number of hydrazone groups is 1. The number of carbonyl (C=O) groups is 6. The van der Waals surface area contributed by atoms with Gasteiger partial charge in [-0.2, -0.15) is 5.10 Å². The van der Waals surface area contributed by atoms with Gasteiger partial charge in [0.2, 0.25) is 0 Å². The summed E-state index contributed by atoms with van der Waals surface area (Å²) in [6, 6.07) is 95.8. The summed E-state index contributed by atoms with van der Waals surface area (Å²) in [5.41, 5.74) is 19.0. The minimum Gasteiger partial charge on any atom is -0.507 e. The number of phenols is 1. The maximum absolute atomic E-state index is 13.1. The van der Waals surface area contributed by atoms with E-state index in [4.69, 9.17) is 21.3 Å². The number of benzene rings is 12. The van der Waals surface area contributed by atoms with Gasteiger partial charge in [-0.15, -0.1) is 12.4 Å². The molecule has 3 aliphatic heterocycles. The third-order valence-corrected chi connectivity index (χ3v) is 22.9. The van der Waals surface area contributed by atoms with Crippen LogP contribution in [0.5, 0.6) is 11.5 Å². The number of nitrogens with one attached hydrogen (secondary N) is 3. The Kier molecular flexibility index (Phi) is 32.6. The summed E-state index contributed by atoms with van der Waals surface area (Å²) in [7, 11) is 3.34. The van der Waals surface area contributed by atoms with E-state index in [9.17, 15) is 33.9 Å². The average molecular weight is 1760 g/mol. The Hall–Kier alpha value is -14.6. The molecule has 0 radical (unpaired) electrons. The standard InChI is InChI=1S/C23H19N3O.C22H22ClN3O.C21H24N2O2.C21H18N2O.C21H21NO3.ClH/c1-16-8-10-18(11-9-16)22-13-20(19-6-2-3-7-21(19)26-22)23(27)25-15-17-5-4-12-24-14-17;23-21-8-4-2-6-18(21)16-25-11-13-26(14-12-25)24-15-20-19-7-3-1-5-17(19)9-10-22(20)27;1-15-4-6-18(7-5-15)21(25)23-12-10-22(11-13-23)20-9-8-19(17(3)24)14-16(20)2;1-16(22-19-10-6-3-7-11-19)23-20-14-12-18(13-15-20)21(24)17-8-4-2-5-9-17;1-13-5-7-16(8-6-13)20(23)18-14(2)21(24)22(3)19(18)15-9-11-17(25-4)12-10-15;/h2-14H,15H2,1H3,(H,25,27);1-10,15,27H,11-14,16H2;4-9,14H,10-13H2,1-3H3;2-15,22-23H,1H2;5-12,19H,1-4H3;1H. The number of halogens is 2. The molecule has 4 N–H and O–H groups in total. The van der Waals surface area contributed by atoms with E-state index < -0.39 is 0 Å². The molecule has 12 aromatic carbocycles. The van der Waals surface area contributed by atoms with Gasteiger partial charge in [0.1, 0.15) is 17.3 Å². The molecule has 5 heterocycles. The Morgan fingerprint density at radius 1 is 0.574 bits per heavy atom. The fraction of sp³-hybridized carbons (Fsp3) is 0.176. The summed E-state index contributed by atoms with van der Waals surface area (Å²) in [5.74, 6) is 1.54. The second kappa shape index (κ2) is 45.0. The van der Waals surface area contributed by atoms with Crippen molar-refractivity contribution >= 4 is 104 Å². The van der Waals surface area contributed by atoms with Crippen molar-refractivity contribution in [1.29, 1.82) is 0 Å². The van der Waals surface area contributed by atoms with Crippen LogP contribution in [0.25, 0.3) is 32.9 Å². The van der Waals surface area contributed by atoms with Crippen molar-refractivity contribution in [2.24, 2.45) is 5.10 Å². The SMILES string of the molecule is C=C(Nc1ccccc1)Nc1ccc(C(=O)c2ccccc2)cc1.CC(=O)c1ccc(N2CCN(C(=O)c3ccc(C)cc3)CC2)c(C)c1.COc1ccc(C2C(C(=O)c3ccc(C)cc3)=C(C)C(=O)N2C)cc1.Cc1ccc(-c2cc(C(=O)NCc3cccnc3)c3ccccc3n2)cc1.Cl.Oc1ccc2ccccc2c1C=NN1CCN(Cc2ccccc2Cl)CC1. The first-order valence-electron chi connectivity index (χ1n) is 42.6. The van der Waals surface area contributed by atoms with Crippen molar-refractivity contribution < 1.29 is 38.6 Å². The first-order valence-corrected chi connectivity index (χ1v) is 42.9. The van der Waals surface area contributed by atoms with E-state index in [1.807, 2.05) is 317 Å². The number of fused-ring (bicyclic) bond motifs is 2. The minimum atomic E-state index is -0.382. The van der Waals surface area contributed by atoms with Crippen LogP contribution in [0.3, 0.4) is 0 Å². The van der Waals surface area contributed by atoms with Gasteiger partial charge in [0, 0.05) is 162 Å². The number of aromatic hydroxyl groups is 1. The number of hydrogen-bond acceptors (Lipinski definition) is 16. The van der Waals surface area contributed by atoms with E-state index in [-0.39, 0.29) is 59.3 Å². The fourth-order valence-corrected chi connectivity index (χ4v) is 15.5. The summed E-state index contributed by atoms with van der Waals surface area (Å²) in [5, 5.41) is 30.0. The number of ether oxygens (including phenoxy) is 1. The van der Waals surface area contributed by atoms with Gasteiger partial charge < -0.3 is 40.5 Å². The lowest BCUT2D eigenvalue weighted by atomic mass is 9.91. The number of aryl methyl sites for hydroxylation is 4. The lowest BCUT2D eigenvalue weighted by molar-refractivity contribution is -0.125. The van der Waals surface area contributed by atoms with Crippen LogP contribution in [0.15, 0.2) is 344 Å². The smallest absolute Gasteiger partial charge is 0.253 e. The molecular weight excluding hydrogens is 1650 g/mol. The minimum absolute atomic E-state index is 0. The Morgan fingerprint density at radius 3 is 1.77 bits per heavy atom. The second-order valence-electron chi connectivity index (χ2n) is 31.7. The monoisotopic (exact) mass is 1750 g/mol. The van der Waals surface area contributed by atoms with E-state index in [1.165, 1.54) is 5.56 Å². The van der Waals surface area contributed by atoms with E-state index in [0.717, 1.165) is 157 Å². The van der Waals surface area contributed by atoms with Gasteiger partial charge in [0.25, 0.3) is 17.7 Å². The summed E-state index contributed by atoms with van der Waals surface area (Å²) < 4.78 is 5.20. The molecule has 654 valence electrons. The zero-order valence-electron chi connectivity index (χ0n) is 73.6. The molecular formula is C108H105Cl2N11O8. The fourth-order valence-electron chi connectivity index (χ4n) is 15.3. The van der Waals surface area contributed by atoms with Crippen molar-refractivity contribution in [3.05, 3.63) is 422 Å². The molecule has 1 unspecified atom stereocenters. The van der Waals surface area contributed by atoms with Gasteiger partial charge in [-0.05, 0) is 184 Å². The number of nitrogens with zero attached hydrogens (tertiary/aromatic N) is 8. The number of phenolic OH excluding ortho intramolecular Hbond substituents is 1. The van der Waals surface area contributed by atoms with Crippen molar-refractivity contribution in [3.63, 3.8) is 0 Å². The van der Waals surface area contributed by atoms with Crippen LogP contribution in [0.2, 0.25) is 5.02 Å². The molecule has 0 saturated carbocycles. The van der Waals surface area contributed by atoms with E-state index in [1.54, 1.807) is 57.6 Å². The molecule has 2 saturated heterocycles. The van der Waals surface area contributed by atoms with Crippen LogP contribution in [0, 0.1) is 27.7 Å². The first kappa shape index (κ1) is 93.5. The number of anilines is 3. The normalized spacial score (nSPS) is 13.5. The number of likely N-dealkylation sites (N-methyl/N-ethyl adjacent to an activating group) is 1. The Bertz CT molecular complexity index is 6310. The number of piperazine rings is 2. The summed E-state index contributed by atoms with van der Waals surface area (Å²) in [6.07, 6.45) is 5.25. The van der Waals surface area contributed by atoms with Crippen LogP contribution in [0.1, 0.15) is 122 Å². The molecule has 0 spiro atoms. The molecule has 17 rings (SSSR count). The second-order valence-corrected chi connectivity index (χ2v) is 32.1. The zero-order chi connectivity index (χ0) is 90.2. The highest BCUT2D eigenvalue weighted by molar-refractivity contribution is 6.31. The van der Waals surface area contributed by atoms with Crippen LogP contribution >= 0.6 is 24.0 Å². The number of ketones is 3. The molecule has 19 nitrogen and oxygen atoms in total. The predicted molar refractivity (Wildman–Crippen MR) is 522 cm³/mol. The van der Waals surface area contributed by atoms with Gasteiger partial charge in [-0.25, -0.2) is 4.98 Å². The molecule has 2 aromatic heterocycles. The molecule has 0 aliphatic carbocycles. The lowest BCUT2D eigenvalue weighted by Gasteiger charge is -2.37. The van der Waals surface area contributed by atoms with Crippen LogP contribution in [0.4, 0.5) is 17.1 Å². The number of pyridine rings is 2. The van der Waals surface area contributed by atoms with Gasteiger partial charge >= 0.3 is 0 Å². The number of methoxy groups -OCH3 is 1. The predicted octanol–water partition coefficient (Wildman–Crippen LogP) is 21.4. The third kappa shape index (κ3) is 24.7. The van der Waals surface area contributed by atoms with Crippen molar-refractivity contribution in [3.8, 4) is 22.8 Å². The van der Waals surface area contributed by atoms with Gasteiger partial charge in [0.15, 0.2) is 17.3 Å². The van der Waals surface area contributed by atoms with Crippen molar-refractivity contribution in [2.45, 2.75) is 60.7 Å². The Balaban J connectivity index is 0.000000146. The molecule has 3 aliphatic rings. The van der Waals surface area contributed by atoms with Gasteiger partial charge in [-0.1, -0.05) is 229 Å². The number of aromatic nitrogens is 2. The van der Waals surface area contributed by atoms with Crippen LogP contribution in [-0.2, 0) is 17.9 Å². The third-order valence-electron chi connectivity index (χ3n) is 22.5. The molecule has 1 atom stereocenters. The average Bonchev–Trinajstić information content (AvgIpc) is 1.61. The maximum atomic E-state index is 13.1. The first-order chi connectivity index (χ1) is 62.0. The largest absolute Gasteiger partial charge is 0.507 e. The number of Topliss-reactive ketones (excluding diaryl/α,β-unsaturated/α-hetero) is 2. The molecule has 0 bridgehead atoms. The highest BCUT2D eigenvalue weighted by atomic mass is 35.5.